The number of aromatic nitrogens is 1. The van der Waals surface area contributed by atoms with Crippen LogP contribution in [0.4, 0.5) is 0 Å². The molecule has 0 aliphatic heterocycles. The largest absolute Gasteiger partial charge is 0.396 e. The van der Waals surface area contributed by atoms with E-state index < -0.39 is 0 Å². The van der Waals surface area contributed by atoms with Crippen LogP contribution in [0.3, 0.4) is 0 Å². The molecule has 0 saturated heterocycles. The maximum atomic E-state index is 9.16. The average Bonchev–Trinajstić information content (AvgIpc) is 2.86. The molecule has 20 heavy (non-hydrogen) atoms. The lowest BCUT2D eigenvalue weighted by molar-refractivity contribution is 0.199. The summed E-state index contributed by atoms with van der Waals surface area (Å²) in [4.78, 5) is 0. The van der Waals surface area contributed by atoms with E-state index in [1.165, 1.54) is 16.5 Å². The topological polar surface area (TPSA) is 46.4 Å². The van der Waals surface area contributed by atoms with Gasteiger partial charge in [-0.3, -0.25) is 0 Å². The Labute approximate surface area is 120 Å². The van der Waals surface area contributed by atoms with Crippen LogP contribution in [0, 0.1) is 5.92 Å². The zero-order valence-electron chi connectivity index (χ0n) is 12.3. The van der Waals surface area contributed by atoms with Crippen LogP contribution in [0.5, 0.6) is 0 Å². The first-order chi connectivity index (χ1) is 9.74. The molecule has 110 valence electrons. The first-order valence-corrected chi connectivity index (χ1v) is 7.13. The fourth-order valence-corrected chi connectivity index (χ4v) is 2.32. The summed E-state index contributed by atoms with van der Waals surface area (Å²) in [6, 6.07) is 8.67. The number of aliphatic hydroxyl groups excluding tert-OH is 1. The fourth-order valence-electron chi connectivity index (χ4n) is 2.32. The molecule has 0 radical (unpaired) electrons. The second kappa shape index (κ2) is 7.43. The fraction of sp³-hybridized carbons (Fsp3) is 0.500. The molecule has 0 amide bonds. The van der Waals surface area contributed by atoms with Crippen molar-refractivity contribution in [3.05, 3.63) is 36.0 Å². The molecule has 1 unspecified atom stereocenters. The summed E-state index contributed by atoms with van der Waals surface area (Å²) in [5.74, 6) is 0.279. The molecule has 2 aromatic rings. The van der Waals surface area contributed by atoms with Crippen molar-refractivity contribution in [1.29, 1.82) is 0 Å². The van der Waals surface area contributed by atoms with Crippen LogP contribution in [0.15, 0.2) is 30.5 Å². The summed E-state index contributed by atoms with van der Waals surface area (Å²) in [6.07, 6.45) is 2.10. The number of nitrogens with zero attached hydrogens (tertiary/aromatic N) is 1. The van der Waals surface area contributed by atoms with Gasteiger partial charge in [-0.25, -0.2) is 0 Å². The highest BCUT2D eigenvalue weighted by Gasteiger charge is 2.06. The minimum atomic E-state index is 0.223. The predicted molar refractivity (Wildman–Crippen MR) is 81.8 cm³/mol. The Morgan fingerprint density at radius 3 is 2.95 bits per heavy atom. The molecule has 1 atom stereocenters. The standard InChI is InChI=1S/C16H24N2O2/c1-13(12-19)11-18-7-5-15-9-14(3-4-16(15)18)10-17-6-8-20-2/h3-5,7,9,13,17,19H,6,8,10-12H2,1-2H3. The molecule has 0 saturated carbocycles. The molecule has 0 aliphatic carbocycles. The van der Waals surface area contributed by atoms with Gasteiger partial charge in [-0.1, -0.05) is 13.0 Å². The van der Waals surface area contributed by atoms with Gasteiger partial charge in [0.25, 0.3) is 0 Å². The molecule has 2 N–H and O–H groups in total. The summed E-state index contributed by atoms with van der Waals surface area (Å²) in [7, 11) is 1.71. The quantitative estimate of drug-likeness (QED) is 0.725. The number of hydrogen-bond acceptors (Lipinski definition) is 3. The van der Waals surface area contributed by atoms with E-state index in [4.69, 9.17) is 9.84 Å². The lowest BCUT2D eigenvalue weighted by atomic mass is 10.1. The third-order valence-corrected chi connectivity index (χ3v) is 3.47. The highest BCUT2D eigenvalue weighted by atomic mass is 16.5. The zero-order chi connectivity index (χ0) is 14.4. The van der Waals surface area contributed by atoms with Crippen LogP contribution < -0.4 is 5.32 Å². The van der Waals surface area contributed by atoms with E-state index in [-0.39, 0.29) is 12.5 Å². The van der Waals surface area contributed by atoms with Gasteiger partial charge in [-0.15, -0.1) is 0 Å². The van der Waals surface area contributed by atoms with Gasteiger partial charge in [0.05, 0.1) is 6.61 Å². The molecule has 0 fully saturated rings. The number of ether oxygens (including phenoxy) is 1. The van der Waals surface area contributed by atoms with Crippen molar-refractivity contribution >= 4 is 10.9 Å². The Morgan fingerprint density at radius 1 is 1.35 bits per heavy atom. The van der Waals surface area contributed by atoms with Gasteiger partial charge >= 0.3 is 0 Å². The van der Waals surface area contributed by atoms with Crippen molar-refractivity contribution in [3.63, 3.8) is 0 Å². The van der Waals surface area contributed by atoms with Crippen LogP contribution >= 0.6 is 0 Å². The zero-order valence-corrected chi connectivity index (χ0v) is 12.3. The van der Waals surface area contributed by atoms with Crippen LogP contribution in [0.2, 0.25) is 0 Å². The molecule has 0 spiro atoms. The number of nitrogens with one attached hydrogen (secondary N) is 1. The molecule has 2 rings (SSSR count). The minimum Gasteiger partial charge on any atom is -0.396 e. The first-order valence-electron chi connectivity index (χ1n) is 7.13. The number of methoxy groups -OCH3 is 1. The van der Waals surface area contributed by atoms with E-state index in [1.54, 1.807) is 7.11 Å². The van der Waals surface area contributed by atoms with E-state index in [9.17, 15) is 0 Å². The molecule has 4 heteroatoms. The van der Waals surface area contributed by atoms with Gasteiger partial charge in [-0.2, -0.15) is 0 Å². The van der Waals surface area contributed by atoms with Crippen molar-refractivity contribution in [2.75, 3.05) is 26.9 Å². The maximum absolute atomic E-state index is 9.16. The summed E-state index contributed by atoms with van der Waals surface area (Å²) in [5, 5.41) is 13.8. The second-order valence-electron chi connectivity index (χ2n) is 5.32. The predicted octanol–water partition coefficient (Wildman–Crippen LogP) is 2.01. The molecule has 0 bridgehead atoms. The smallest absolute Gasteiger partial charge is 0.0587 e. The molecule has 1 aromatic carbocycles. The lowest BCUT2D eigenvalue weighted by Gasteiger charge is -2.11. The monoisotopic (exact) mass is 276 g/mol. The van der Waals surface area contributed by atoms with Gasteiger partial charge in [0.2, 0.25) is 0 Å². The number of rotatable bonds is 8. The molecule has 4 nitrogen and oxygen atoms in total. The van der Waals surface area contributed by atoms with Gasteiger partial charge in [0.1, 0.15) is 0 Å². The molecule has 1 aromatic heterocycles. The first kappa shape index (κ1) is 15.0. The number of aliphatic hydroxyl groups is 1. The van der Waals surface area contributed by atoms with Crippen molar-refractivity contribution in [2.45, 2.75) is 20.0 Å². The van der Waals surface area contributed by atoms with E-state index in [2.05, 4.69) is 47.3 Å². The summed E-state index contributed by atoms with van der Waals surface area (Å²) in [6.45, 7) is 5.59. The van der Waals surface area contributed by atoms with E-state index in [0.29, 0.717) is 0 Å². The molecular weight excluding hydrogens is 252 g/mol. The Kier molecular flexibility index (Phi) is 5.59. The molecule has 0 aliphatic rings. The third-order valence-electron chi connectivity index (χ3n) is 3.47. The third kappa shape index (κ3) is 3.82. The highest BCUT2D eigenvalue weighted by Crippen LogP contribution is 2.19. The van der Waals surface area contributed by atoms with Crippen LogP contribution in [0.1, 0.15) is 12.5 Å². The Bertz CT molecular complexity index is 536. The SMILES string of the molecule is COCCNCc1ccc2c(ccn2CC(C)CO)c1. The van der Waals surface area contributed by atoms with E-state index >= 15 is 0 Å². The number of benzene rings is 1. The van der Waals surface area contributed by atoms with Crippen LogP contribution in [0.25, 0.3) is 10.9 Å². The summed E-state index contributed by atoms with van der Waals surface area (Å²) in [5.41, 5.74) is 2.51. The molecule has 1 heterocycles. The van der Waals surface area contributed by atoms with Gasteiger partial charge in [0.15, 0.2) is 0 Å². The number of hydrogen-bond donors (Lipinski definition) is 2. The normalized spacial score (nSPS) is 12.9. The van der Waals surface area contributed by atoms with Crippen molar-refractivity contribution in [3.8, 4) is 0 Å². The summed E-state index contributed by atoms with van der Waals surface area (Å²) < 4.78 is 7.22. The highest BCUT2D eigenvalue weighted by molar-refractivity contribution is 5.80. The van der Waals surface area contributed by atoms with Crippen LogP contribution in [-0.2, 0) is 17.8 Å². The second-order valence-corrected chi connectivity index (χ2v) is 5.32. The Balaban J connectivity index is 2.04. The Morgan fingerprint density at radius 2 is 2.20 bits per heavy atom. The van der Waals surface area contributed by atoms with Gasteiger partial charge in [-0.05, 0) is 35.1 Å². The number of fused-ring (bicyclic) bond motifs is 1. The van der Waals surface area contributed by atoms with Gasteiger partial charge in [0, 0.05) is 45.1 Å². The van der Waals surface area contributed by atoms with Crippen LogP contribution in [-0.4, -0.2) is 36.5 Å². The van der Waals surface area contributed by atoms with Gasteiger partial charge < -0.3 is 19.7 Å². The lowest BCUT2D eigenvalue weighted by Crippen LogP contribution is -2.18. The minimum absolute atomic E-state index is 0.223. The van der Waals surface area contributed by atoms with Crippen molar-refractivity contribution in [2.24, 2.45) is 5.92 Å². The Hall–Kier alpha value is -1.36. The molecular formula is C16H24N2O2. The van der Waals surface area contributed by atoms with E-state index in [0.717, 1.165) is 26.2 Å². The van der Waals surface area contributed by atoms with E-state index in [1.807, 2.05) is 0 Å². The average molecular weight is 276 g/mol. The maximum Gasteiger partial charge on any atom is 0.0587 e. The summed E-state index contributed by atoms with van der Waals surface area (Å²) >= 11 is 0. The van der Waals surface area contributed by atoms with Crippen molar-refractivity contribution in [1.82, 2.24) is 9.88 Å². The van der Waals surface area contributed by atoms with Crippen molar-refractivity contribution < 1.29 is 9.84 Å².